The third-order valence-corrected chi connectivity index (χ3v) is 7.11. The van der Waals surface area contributed by atoms with Crippen molar-refractivity contribution in [3.63, 3.8) is 0 Å². The van der Waals surface area contributed by atoms with Gasteiger partial charge in [0.2, 0.25) is 6.29 Å². The number of aromatic hydroxyl groups is 1. The van der Waals surface area contributed by atoms with E-state index in [0.29, 0.717) is 11.1 Å². The van der Waals surface area contributed by atoms with Gasteiger partial charge in [-0.2, -0.15) is 0 Å². The summed E-state index contributed by atoms with van der Waals surface area (Å²) in [6.45, 7) is -1.88. The minimum atomic E-state index is -1.98. The highest BCUT2D eigenvalue weighted by atomic mass is 16.8. The Morgan fingerprint density at radius 2 is 1.74 bits per heavy atom. The van der Waals surface area contributed by atoms with Crippen LogP contribution >= 0.6 is 0 Å². The predicted octanol–water partition coefficient (Wildman–Crippen LogP) is -1.26. The molecule has 0 spiro atoms. The molecule has 0 bridgehead atoms. The van der Waals surface area contributed by atoms with Crippen molar-refractivity contribution in [2.24, 2.45) is 0 Å². The number of hydrogen-bond acceptors (Lipinski definition) is 13. The molecule has 212 valence electrons. The predicted molar refractivity (Wildman–Crippen MR) is 128 cm³/mol. The highest BCUT2D eigenvalue weighted by Gasteiger charge is 2.53. The Labute approximate surface area is 222 Å². The molecule has 5 rings (SSSR count). The van der Waals surface area contributed by atoms with Crippen LogP contribution in [0.25, 0.3) is 0 Å². The molecule has 13 nitrogen and oxygen atoms in total. The van der Waals surface area contributed by atoms with E-state index in [1.54, 1.807) is 24.3 Å². The molecular weight excluding hydrogens is 520 g/mol. The Bertz CT molecular complexity index is 1170. The zero-order valence-corrected chi connectivity index (χ0v) is 20.6. The maximum Gasteiger partial charge on any atom is 0.229 e. The maximum atomic E-state index is 12.5. The number of aliphatic hydroxyl groups excluding tert-OH is 5. The van der Waals surface area contributed by atoms with E-state index in [1.807, 2.05) is 0 Å². The summed E-state index contributed by atoms with van der Waals surface area (Å²) >= 11 is 0. The van der Waals surface area contributed by atoms with E-state index < -0.39 is 74.6 Å². The lowest BCUT2D eigenvalue weighted by Crippen LogP contribution is -2.62. The number of phenols is 1. The molecule has 13 heteroatoms. The van der Waals surface area contributed by atoms with E-state index in [2.05, 4.69) is 0 Å². The van der Waals surface area contributed by atoms with Crippen molar-refractivity contribution in [2.75, 3.05) is 19.8 Å². The summed E-state index contributed by atoms with van der Waals surface area (Å²) in [6, 6.07) is 10.7. The van der Waals surface area contributed by atoms with Crippen molar-refractivity contribution in [3.05, 3.63) is 53.6 Å². The second kappa shape index (κ2) is 11.0. The van der Waals surface area contributed by atoms with Crippen LogP contribution in [0.1, 0.15) is 28.4 Å². The molecule has 2 saturated heterocycles. The van der Waals surface area contributed by atoms with Gasteiger partial charge in [-0.1, -0.05) is 12.1 Å². The Morgan fingerprint density at radius 1 is 1.00 bits per heavy atom. The third kappa shape index (κ3) is 5.33. The second-order valence-electron chi connectivity index (χ2n) is 9.79. The summed E-state index contributed by atoms with van der Waals surface area (Å²) in [6.07, 6.45) is -10.9. The summed E-state index contributed by atoms with van der Waals surface area (Å²) in [7, 11) is 0. The number of ether oxygens (including phenoxy) is 5. The van der Waals surface area contributed by atoms with Crippen LogP contribution in [0, 0.1) is 0 Å². The molecule has 3 aliphatic rings. The van der Waals surface area contributed by atoms with E-state index in [0.717, 1.165) is 0 Å². The number of Topliss-reactive ketones (excluding diaryl/α,β-unsaturated/α-hetero) is 1. The van der Waals surface area contributed by atoms with Crippen LogP contribution in [0.2, 0.25) is 0 Å². The minimum absolute atomic E-state index is 0.0275. The first-order chi connectivity index (χ1) is 18.6. The number of carbonyl (C=O) groups excluding carboxylic acids is 1. The van der Waals surface area contributed by atoms with Crippen molar-refractivity contribution >= 4 is 5.78 Å². The molecule has 2 unspecified atom stereocenters. The van der Waals surface area contributed by atoms with E-state index in [1.165, 1.54) is 18.2 Å². The lowest BCUT2D eigenvalue weighted by molar-refractivity contribution is -0.318. The number of hydrogen-bond donors (Lipinski definition) is 7. The lowest BCUT2D eigenvalue weighted by atomic mass is 9.96. The molecule has 3 aliphatic heterocycles. The summed E-state index contributed by atoms with van der Waals surface area (Å²) < 4.78 is 28.3. The number of fused-ring (bicyclic) bond motifs is 1. The number of benzene rings is 2. The fourth-order valence-electron chi connectivity index (χ4n) is 4.75. The first-order valence-corrected chi connectivity index (χ1v) is 12.3. The summed E-state index contributed by atoms with van der Waals surface area (Å²) in [5.41, 5.74) is -0.945. The quantitative estimate of drug-likeness (QED) is 0.215. The van der Waals surface area contributed by atoms with Crippen molar-refractivity contribution in [2.45, 2.75) is 61.2 Å². The average molecular weight is 551 g/mol. The second-order valence-corrected chi connectivity index (χ2v) is 9.79. The molecule has 3 heterocycles. The van der Waals surface area contributed by atoms with E-state index in [4.69, 9.17) is 23.7 Å². The van der Waals surface area contributed by atoms with Crippen LogP contribution in [-0.2, 0) is 14.2 Å². The molecule has 2 fully saturated rings. The fourth-order valence-corrected chi connectivity index (χ4v) is 4.75. The maximum absolute atomic E-state index is 12.5. The van der Waals surface area contributed by atoms with E-state index >= 15 is 0 Å². The molecule has 2 aromatic rings. The first kappa shape index (κ1) is 27.7. The molecule has 0 radical (unpaired) electrons. The molecule has 0 aromatic heterocycles. The van der Waals surface area contributed by atoms with Crippen molar-refractivity contribution < 1.29 is 64.2 Å². The third-order valence-electron chi connectivity index (χ3n) is 7.11. The molecule has 7 N–H and O–H groups in total. The number of carbonyl (C=O) groups is 1. The molecule has 0 amide bonds. The lowest BCUT2D eigenvalue weighted by Gasteiger charge is -2.42. The van der Waals surface area contributed by atoms with Gasteiger partial charge in [0.1, 0.15) is 53.4 Å². The molecule has 9 atom stereocenters. The monoisotopic (exact) mass is 550 g/mol. The van der Waals surface area contributed by atoms with Gasteiger partial charge in [-0.15, -0.1) is 0 Å². The van der Waals surface area contributed by atoms with Gasteiger partial charge >= 0.3 is 0 Å². The Morgan fingerprint density at radius 3 is 2.41 bits per heavy atom. The van der Waals surface area contributed by atoms with Gasteiger partial charge in [0, 0.05) is 6.07 Å². The molecule has 39 heavy (non-hydrogen) atoms. The molecular formula is C26H30O13. The van der Waals surface area contributed by atoms with Gasteiger partial charge in [-0.3, -0.25) is 4.79 Å². The van der Waals surface area contributed by atoms with Crippen molar-refractivity contribution in [1.82, 2.24) is 0 Å². The zero-order valence-electron chi connectivity index (χ0n) is 20.6. The van der Waals surface area contributed by atoms with Gasteiger partial charge in [-0.25, -0.2) is 0 Å². The Kier molecular flexibility index (Phi) is 7.79. The van der Waals surface area contributed by atoms with Crippen LogP contribution in [0.15, 0.2) is 42.5 Å². The van der Waals surface area contributed by atoms with Crippen molar-refractivity contribution in [1.29, 1.82) is 0 Å². The standard InChI is InChI=1S/C26H30O13/c27-9-19-20(31)21(32)22(39-25-23(33)26(34,10-28)11-35-25)24(38-19)36-14-4-1-12(2-5-14)17-8-16(30)15-6-3-13(29)7-18(15)37-17/h1-7,17,19-25,27-29,31-34H,8-11H2/t17?,19-,20-,21+,22-,23+,24-,25+,26?/m1/s1. The SMILES string of the molecule is O=C1CC(c2ccc(O[C@@H]3O[C@H](CO)[C@@H](O)[C@H](O)[C@H]3O[C@@H]3OCC(O)(CO)[C@H]3O)cc2)Oc2cc(O)ccc21. The number of aliphatic hydroxyl groups is 6. The van der Waals surface area contributed by atoms with Crippen LogP contribution in [0.3, 0.4) is 0 Å². The molecule has 2 aromatic carbocycles. The first-order valence-electron chi connectivity index (χ1n) is 12.3. The van der Waals surface area contributed by atoms with Crippen LogP contribution in [0.5, 0.6) is 17.2 Å². The van der Waals surface area contributed by atoms with Crippen LogP contribution in [0.4, 0.5) is 0 Å². The summed E-state index contributed by atoms with van der Waals surface area (Å²) in [5, 5.41) is 70.3. The Hall–Kier alpha value is -2.85. The Balaban J connectivity index is 1.31. The van der Waals surface area contributed by atoms with Crippen LogP contribution in [-0.4, -0.2) is 110 Å². The number of rotatable bonds is 7. The van der Waals surface area contributed by atoms with Crippen LogP contribution < -0.4 is 9.47 Å². The topological polar surface area (TPSA) is 205 Å². The average Bonchev–Trinajstić information content (AvgIpc) is 3.21. The highest BCUT2D eigenvalue weighted by Crippen LogP contribution is 2.38. The number of phenolic OH excluding ortho intramolecular Hbond substituents is 1. The largest absolute Gasteiger partial charge is 0.508 e. The molecule has 0 aliphatic carbocycles. The minimum Gasteiger partial charge on any atom is -0.508 e. The van der Waals surface area contributed by atoms with E-state index in [9.17, 15) is 40.5 Å². The van der Waals surface area contributed by atoms with Gasteiger partial charge in [-0.05, 0) is 29.8 Å². The smallest absolute Gasteiger partial charge is 0.229 e. The van der Waals surface area contributed by atoms with Crippen molar-refractivity contribution in [3.8, 4) is 17.2 Å². The van der Waals surface area contributed by atoms with Gasteiger partial charge in [0.15, 0.2) is 18.2 Å². The molecule has 0 saturated carbocycles. The van der Waals surface area contributed by atoms with Gasteiger partial charge < -0.3 is 59.4 Å². The summed E-state index contributed by atoms with van der Waals surface area (Å²) in [5.74, 6) is 0.348. The number of ketones is 1. The normalized spacial score (nSPS) is 36.3. The zero-order chi connectivity index (χ0) is 27.9. The van der Waals surface area contributed by atoms with E-state index in [-0.39, 0.29) is 29.5 Å². The fraction of sp³-hybridized carbons (Fsp3) is 0.500. The van der Waals surface area contributed by atoms with Gasteiger partial charge in [0.05, 0.1) is 31.8 Å². The van der Waals surface area contributed by atoms with Gasteiger partial charge in [0.25, 0.3) is 0 Å². The summed E-state index contributed by atoms with van der Waals surface area (Å²) in [4.78, 5) is 12.5. The highest BCUT2D eigenvalue weighted by molar-refractivity contribution is 6.00.